The Balaban J connectivity index is 1.64. The molecule has 0 spiro atoms. The summed E-state index contributed by atoms with van der Waals surface area (Å²) in [6, 6.07) is 19.7. The van der Waals surface area contributed by atoms with Crippen molar-refractivity contribution in [3.05, 3.63) is 78.1 Å². The SMILES string of the molecule is CCSc1ccc(CC(=O)N(Cc2ccccn2)c2nc3c(OC)cccc3s2)cc1. The summed E-state index contributed by atoms with van der Waals surface area (Å²) < 4.78 is 6.43. The topological polar surface area (TPSA) is 55.3 Å². The van der Waals surface area contributed by atoms with Crippen molar-refractivity contribution in [3.63, 3.8) is 0 Å². The second kappa shape index (κ2) is 9.94. The summed E-state index contributed by atoms with van der Waals surface area (Å²) in [7, 11) is 1.63. The third-order valence-electron chi connectivity index (χ3n) is 4.76. The number of carbonyl (C=O) groups excluding carboxylic acids is 1. The smallest absolute Gasteiger partial charge is 0.233 e. The molecule has 0 aliphatic carbocycles. The predicted octanol–water partition coefficient (Wildman–Crippen LogP) is 5.59. The highest BCUT2D eigenvalue weighted by Crippen LogP contribution is 2.35. The Morgan fingerprint density at radius 2 is 1.94 bits per heavy atom. The maximum absolute atomic E-state index is 13.4. The van der Waals surface area contributed by atoms with Gasteiger partial charge < -0.3 is 4.74 Å². The van der Waals surface area contributed by atoms with E-state index in [-0.39, 0.29) is 5.91 Å². The molecule has 0 atom stereocenters. The van der Waals surface area contributed by atoms with Crippen LogP contribution in [0.4, 0.5) is 5.13 Å². The molecule has 0 N–H and O–H groups in total. The fourth-order valence-electron chi connectivity index (χ4n) is 3.25. The molecule has 2 heterocycles. The second-order valence-electron chi connectivity index (χ2n) is 6.86. The van der Waals surface area contributed by atoms with Crippen molar-refractivity contribution < 1.29 is 9.53 Å². The normalized spacial score (nSPS) is 10.9. The Kier molecular flexibility index (Phi) is 6.84. The van der Waals surface area contributed by atoms with Gasteiger partial charge in [-0.3, -0.25) is 14.7 Å². The second-order valence-corrected chi connectivity index (χ2v) is 9.20. The molecule has 5 nitrogen and oxygen atoms in total. The van der Waals surface area contributed by atoms with Crippen LogP contribution >= 0.6 is 23.1 Å². The number of fused-ring (bicyclic) bond motifs is 1. The van der Waals surface area contributed by atoms with Crippen LogP contribution in [0.1, 0.15) is 18.2 Å². The van der Waals surface area contributed by atoms with Crippen LogP contribution in [0.25, 0.3) is 10.2 Å². The lowest BCUT2D eigenvalue weighted by Crippen LogP contribution is -2.32. The highest BCUT2D eigenvalue weighted by molar-refractivity contribution is 7.99. The minimum atomic E-state index is -0.0143. The van der Waals surface area contributed by atoms with Gasteiger partial charge in [0, 0.05) is 11.1 Å². The van der Waals surface area contributed by atoms with Crippen LogP contribution in [-0.4, -0.2) is 28.7 Å². The highest BCUT2D eigenvalue weighted by Gasteiger charge is 2.22. The van der Waals surface area contributed by atoms with Gasteiger partial charge in [0.1, 0.15) is 11.3 Å². The first kappa shape index (κ1) is 21.3. The number of para-hydroxylation sites is 1. The van der Waals surface area contributed by atoms with Crippen LogP contribution < -0.4 is 9.64 Å². The van der Waals surface area contributed by atoms with Gasteiger partial charge in [-0.15, -0.1) is 11.8 Å². The molecule has 0 saturated heterocycles. The van der Waals surface area contributed by atoms with E-state index < -0.39 is 0 Å². The number of nitrogens with zero attached hydrogens (tertiary/aromatic N) is 3. The van der Waals surface area contributed by atoms with E-state index in [0.717, 1.165) is 27.2 Å². The zero-order chi connectivity index (χ0) is 21.6. The van der Waals surface area contributed by atoms with E-state index in [4.69, 9.17) is 9.72 Å². The molecule has 7 heteroatoms. The van der Waals surface area contributed by atoms with E-state index in [9.17, 15) is 4.79 Å². The average molecular weight is 450 g/mol. The van der Waals surface area contributed by atoms with Crippen LogP contribution in [0, 0.1) is 0 Å². The molecule has 4 aromatic rings. The predicted molar refractivity (Wildman–Crippen MR) is 128 cm³/mol. The maximum atomic E-state index is 13.4. The molecule has 0 saturated carbocycles. The van der Waals surface area contributed by atoms with E-state index in [1.165, 1.54) is 16.2 Å². The molecule has 31 heavy (non-hydrogen) atoms. The summed E-state index contributed by atoms with van der Waals surface area (Å²) in [4.78, 5) is 25.5. The van der Waals surface area contributed by atoms with Crippen molar-refractivity contribution in [2.75, 3.05) is 17.8 Å². The van der Waals surface area contributed by atoms with Gasteiger partial charge >= 0.3 is 0 Å². The molecule has 0 radical (unpaired) electrons. The van der Waals surface area contributed by atoms with Gasteiger partial charge in [-0.2, -0.15) is 0 Å². The van der Waals surface area contributed by atoms with Gasteiger partial charge in [-0.05, 0) is 47.7 Å². The number of rotatable bonds is 8. The van der Waals surface area contributed by atoms with Crippen LogP contribution in [-0.2, 0) is 17.8 Å². The molecule has 0 bridgehead atoms. The molecule has 158 valence electrons. The average Bonchev–Trinajstić information content (AvgIpc) is 3.23. The van der Waals surface area contributed by atoms with Crippen molar-refractivity contribution in [1.82, 2.24) is 9.97 Å². The fraction of sp³-hybridized carbons (Fsp3) is 0.208. The third-order valence-corrected chi connectivity index (χ3v) is 6.70. The lowest BCUT2D eigenvalue weighted by atomic mass is 10.1. The number of methoxy groups -OCH3 is 1. The summed E-state index contributed by atoms with van der Waals surface area (Å²) >= 11 is 3.27. The molecular weight excluding hydrogens is 426 g/mol. The lowest BCUT2D eigenvalue weighted by Gasteiger charge is -2.19. The van der Waals surface area contributed by atoms with E-state index in [0.29, 0.717) is 23.8 Å². The number of thioether (sulfide) groups is 1. The Labute approximate surface area is 190 Å². The number of hydrogen-bond donors (Lipinski definition) is 0. The summed E-state index contributed by atoms with van der Waals surface area (Å²) in [5.41, 5.74) is 2.57. The summed E-state index contributed by atoms with van der Waals surface area (Å²) in [5, 5.41) is 0.647. The molecule has 0 aliphatic heterocycles. The highest BCUT2D eigenvalue weighted by atomic mass is 32.2. The zero-order valence-electron chi connectivity index (χ0n) is 17.4. The van der Waals surface area contributed by atoms with Crippen LogP contribution in [0.3, 0.4) is 0 Å². The van der Waals surface area contributed by atoms with Crippen molar-refractivity contribution in [1.29, 1.82) is 0 Å². The molecule has 0 aliphatic rings. The molecule has 4 rings (SSSR count). The number of thiazole rings is 1. The minimum Gasteiger partial charge on any atom is -0.494 e. The van der Waals surface area contributed by atoms with E-state index in [1.807, 2.05) is 48.5 Å². The van der Waals surface area contributed by atoms with Crippen molar-refractivity contribution in [3.8, 4) is 5.75 Å². The van der Waals surface area contributed by atoms with Gasteiger partial charge in [0.25, 0.3) is 0 Å². The third kappa shape index (κ3) is 5.06. The van der Waals surface area contributed by atoms with Gasteiger partial charge in [0.05, 0.1) is 30.5 Å². The van der Waals surface area contributed by atoms with Gasteiger partial charge in [-0.1, -0.05) is 42.5 Å². The monoisotopic (exact) mass is 449 g/mol. The number of ether oxygens (including phenoxy) is 1. The summed E-state index contributed by atoms with van der Waals surface area (Å²) in [5.74, 6) is 1.71. The zero-order valence-corrected chi connectivity index (χ0v) is 19.1. The quantitative estimate of drug-likeness (QED) is 0.328. The number of anilines is 1. The van der Waals surface area contributed by atoms with Crippen molar-refractivity contribution in [2.45, 2.75) is 24.8 Å². The molecular formula is C24H23N3O2S2. The van der Waals surface area contributed by atoms with Crippen LogP contribution in [0.5, 0.6) is 5.75 Å². The largest absolute Gasteiger partial charge is 0.494 e. The molecule has 0 unspecified atom stereocenters. The van der Waals surface area contributed by atoms with Crippen molar-refractivity contribution >= 4 is 44.4 Å². The standard InChI is InChI=1S/C24H23N3O2S2/c1-3-30-19-12-10-17(11-13-19)15-22(28)27(16-18-7-4-5-14-25-18)24-26-23-20(29-2)8-6-9-21(23)31-24/h4-14H,3,15-16H2,1-2H3. The molecule has 2 aromatic carbocycles. The first-order chi connectivity index (χ1) is 15.2. The number of hydrogen-bond acceptors (Lipinski definition) is 6. The first-order valence-corrected chi connectivity index (χ1v) is 11.8. The number of aromatic nitrogens is 2. The van der Waals surface area contributed by atoms with E-state index >= 15 is 0 Å². The lowest BCUT2D eigenvalue weighted by molar-refractivity contribution is -0.118. The molecule has 1 amide bonds. The van der Waals surface area contributed by atoms with Gasteiger partial charge in [0.15, 0.2) is 5.13 Å². The van der Waals surface area contributed by atoms with Crippen molar-refractivity contribution in [2.24, 2.45) is 0 Å². The number of pyridine rings is 1. The first-order valence-electron chi connectivity index (χ1n) is 10.0. The van der Waals surface area contributed by atoms with E-state index in [2.05, 4.69) is 24.0 Å². The van der Waals surface area contributed by atoms with Crippen LogP contribution in [0.2, 0.25) is 0 Å². The maximum Gasteiger partial charge on any atom is 0.233 e. The van der Waals surface area contributed by atoms with Gasteiger partial charge in [0.2, 0.25) is 5.91 Å². The van der Waals surface area contributed by atoms with E-state index in [1.54, 1.807) is 30.0 Å². The molecule has 0 fully saturated rings. The Morgan fingerprint density at radius 1 is 1.10 bits per heavy atom. The number of amides is 1. The summed E-state index contributed by atoms with van der Waals surface area (Å²) in [6.07, 6.45) is 2.04. The van der Waals surface area contributed by atoms with Crippen LogP contribution in [0.15, 0.2) is 71.8 Å². The molecule has 2 aromatic heterocycles. The Morgan fingerprint density at radius 3 is 2.65 bits per heavy atom. The Bertz CT molecular complexity index is 1160. The number of benzene rings is 2. The number of carbonyl (C=O) groups is 1. The fourth-order valence-corrected chi connectivity index (χ4v) is 4.91. The Hall–Kier alpha value is -2.90. The summed E-state index contributed by atoms with van der Waals surface area (Å²) in [6.45, 7) is 2.50. The minimum absolute atomic E-state index is 0.0143. The van der Waals surface area contributed by atoms with Gasteiger partial charge in [-0.25, -0.2) is 4.98 Å².